The van der Waals surface area contributed by atoms with Gasteiger partial charge in [0.15, 0.2) is 23.3 Å². The summed E-state index contributed by atoms with van der Waals surface area (Å²) in [5, 5.41) is 5.28. The zero-order valence-electron chi connectivity index (χ0n) is 12.1. The first-order valence-corrected chi connectivity index (χ1v) is 6.76. The number of amides is 1. The molecule has 2 rings (SSSR count). The van der Waals surface area contributed by atoms with E-state index in [0.717, 1.165) is 10.9 Å². The fourth-order valence-electron chi connectivity index (χ4n) is 1.86. The lowest BCUT2D eigenvalue weighted by Gasteiger charge is -2.16. The van der Waals surface area contributed by atoms with E-state index < -0.39 is 52.6 Å². The molecular formula is C13H7ClF7N3O. The zero-order valence-corrected chi connectivity index (χ0v) is 12.8. The Morgan fingerprint density at radius 2 is 1.68 bits per heavy atom. The second-order valence-electron chi connectivity index (χ2n) is 4.81. The van der Waals surface area contributed by atoms with E-state index in [0.29, 0.717) is 0 Å². The van der Waals surface area contributed by atoms with Gasteiger partial charge >= 0.3 is 6.18 Å². The van der Waals surface area contributed by atoms with Crippen LogP contribution in [0.2, 0.25) is 5.02 Å². The van der Waals surface area contributed by atoms with Crippen LogP contribution in [0.4, 0.5) is 36.4 Å². The van der Waals surface area contributed by atoms with E-state index >= 15 is 0 Å². The summed E-state index contributed by atoms with van der Waals surface area (Å²) in [6, 6.07) is -1.24. The van der Waals surface area contributed by atoms with Crippen LogP contribution in [0.3, 0.4) is 0 Å². The molecule has 0 fully saturated rings. The van der Waals surface area contributed by atoms with Gasteiger partial charge in [0.25, 0.3) is 0 Å². The Kier molecular flexibility index (Phi) is 4.98. The molecule has 1 amide bonds. The van der Waals surface area contributed by atoms with Gasteiger partial charge in [0, 0.05) is 6.20 Å². The second kappa shape index (κ2) is 6.54. The number of nitrogens with one attached hydrogen (secondary N) is 1. The second-order valence-corrected chi connectivity index (χ2v) is 5.24. The fraction of sp³-hybridized carbons (Fsp3) is 0.231. The van der Waals surface area contributed by atoms with Crippen molar-refractivity contribution in [2.24, 2.45) is 0 Å². The molecule has 1 aromatic carbocycles. The summed E-state index contributed by atoms with van der Waals surface area (Å²) in [7, 11) is 0. The number of carbonyl (C=O) groups excluding carboxylic acids is 1. The average Bonchev–Trinajstić information content (AvgIpc) is 2.94. The number of benzene rings is 1. The quantitative estimate of drug-likeness (QED) is 0.628. The lowest BCUT2D eigenvalue weighted by atomic mass is 10.1. The van der Waals surface area contributed by atoms with Gasteiger partial charge < -0.3 is 5.32 Å². The number of aromatic nitrogens is 2. The molecule has 1 atom stereocenters. The van der Waals surface area contributed by atoms with Gasteiger partial charge in [0.2, 0.25) is 5.91 Å². The van der Waals surface area contributed by atoms with Gasteiger partial charge in [-0.1, -0.05) is 11.6 Å². The Bertz CT molecular complexity index is 805. The summed E-state index contributed by atoms with van der Waals surface area (Å²) in [5.41, 5.74) is -4.41. The first-order chi connectivity index (χ1) is 11.4. The molecule has 0 aliphatic carbocycles. The summed E-state index contributed by atoms with van der Waals surface area (Å²) in [4.78, 5) is 11.9. The van der Waals surface area contributed by atoms with E-state index in [2.05, 4.69) is 5.10 Å². The molecular weight excluding hydrogens is 383 g/mol. The van der Waals surface area contributed by atoms with Gasteiger partial charge in [0.05, 0.1) is 11.2 Å². The van der Waals surface area contributed by atoms with Crippen molar-refractivity contribution in [1.82, 2.24) is 9.78 Å². The number of halogens is 8. The summed E-state index contributed by atoms with van der Waals surface area (Å²) in [6.45, 7) is 1.20. The number of hydrogen-bond acceptors (Lipinski definition) is 2. The van der Waals surface area contributed by atoms with E-state index in [1.807, 2.05) is 0 Å². The zero-order chi connectivity index (χ0) is 19.1. The lowest BCUT2D eigenvalue weighted by molar-refractivity contribution is -0.143. The van der Waals surface area contributed by atoms with Crippen LogP contribution in [-0.2, 0) is 11.0 Å². The first kappa shape index (κ1) is 19.0. The van der Waals surface area contributed by atoms with E-state index in [1.54, 1.807) is 0 Å². The number of rotatable bonds is 3. The molecule has 25 heavy (non-hydrogen) atoms. The van der Waals surface area contributed by atoms with Crippen LogP contribution in [0, 0.1) is 23.3 Å². The number of nitrogens with zero attached hydrogens (tertiary/aromatic N) is 2. The van der Waals surface area contributed by atoms with Crippen molar-refractivity contribution >= 4 is 23.2 Å². The molecule has 0 saturated carbocycles. The molecule has 1 aromatic heterocycles. The number of carbonyl (C=O) groups is 1. The predicted molar refractivity (Wildman–Crippen MR) is 71.9 cm³/mol. The van der Waals surface area contributed by atoms with Gasteiger partial charge in [0.1, 0.15) is 17.3 Å². The van der Waals surface area contributed by atoms with Crippen LogP contribution in [-0.4, -0.2) is 15.7 Å². The molecule has 0 bridgehead atoms. The van der Waals surface area contributed by atoms with Crippen LogP contribution in [0.5, 0.6) is 0 Å². The van der Waals surface area contributed by atoms with E-state index in [9.17, 15) is 35.5 Å². The Hall–Kier alpha value is -2.30. The van der Waals surface area contributed by atoms with Crippen molar-refractivity contribution in [2.75, 3.05) is 5.32 Å². The standard InChI is InChI=1S/C13H7ClF7N3O/c1-4(24-3-5(14)2-22-24)12(25)23-11-9(17)7(15)6(13(19,20)21)8(16)10(11)18/h2-4H,1H3,(H,23,25). The number of anilines is 1. The average molecular weight is 390 g/mol. The minimum atomic E-state index is -5.67. The Balaban J connectivity index is 2.42. The molecule has 0 saturated heterocycles. The van der Waals surface area contributed by atoms with E-state index in [1.165, 1.54) is 18.4 Å². The maximum absolute atomic E-state index is 13.7. The molecule has 0 spiro atoms. The SMILES string of the molecule is CC(C(=O)Nc1c(F)c(F)c(C(F)(F)F)c(F)c1F)n1cc(Cl)cn1. The highest BCUT2D eigenvalue weighted by Gasteiger charge is 2.42. The normalized spacial score (nSPS) is 13.0. The minimum absolute atomic E-state index is 0.128. The number of hydrogen-bond donors (Lipinski definition) is 1. The number of alkyl halides is 3. The van der Waals surface area contributed by atoms with Crippen molar-refractivity contribution in [3.05, 3.63) is 46.2 Å². The molecule has 0 radical (unpaired) electrons. The molecule has 4 nitrogen and oxygen atoms in total. The van der Waals surface area contributed by atoms with Gasteiger partial charge in [-0.15, -0.1) is 0 Å². The Labute approximate surface area is 140 Å². The largest absolute Gasteiger partial charge is 0.422 e. The van der Waals surface area contributed by atoms with Crippen molar-refractivity contribution < 1.29 is 35.5 Å². The molecule has 1 unspecified atom stereocenters. The molecule has 0 aliphatic rings. The van der Waals surface area contributed by atoms with Crippen molar-refractivity contribution in [3.8, 4) is 0 Å². The van der Waals surface area contributed by atoms with Crippen LogP contribution in [0.25, 0.3) is 0 Å². The van der Waals surface area contributed by atoms with Gasteiger partial charge in [-0.25, -0.2) is 17.6 Å². The van der Waals surface area contributed by atoms with E-state index in [4.69, 9.17) is 11.6 Å². The summed E-state index contributed by atoms with van der Waals surface area (Å²) in [6.07, 6.45) is -3.35. The predicted octanol–water partition coefficient (Wildman–Crippen LogP) is 4.31. The third-order valence-electron chi connectivity index (χ3n) is 3.14. The molecule has 12 heteroatoms. The minimum Gasteiger partial charge on any atom is -0.319 e. The third-order valence-corrected chi connectivity index (χ3v) is 3.34. The topological polar surface area (TPSA) is 46.9 Å². The van der Waals surface area contributed by atoms with E-state index in [-0.39, 0.29) is 5.02 Å². The van der Waals surface area contributed by atoms with Crippen LogP contribution >= 0.6 is 11.6 Å². The highest BCUT2D eigenvalue weighted by molar-refractivity contribution is 6.30. The monoisotopic (exact) mass is 389 g/mol. The lowest BCUT2D eigenvalue weighted by Crippen LogP contribution is -2.26. The van der Waals surface area contributed by atoms with Crippen molar-refractivity contribution in [3.63, 3.8) is 0 Å². The van der Waals surface area contributed by atoms with Gasteiger partial charge in [-0.05, 0) is 6.92 Å². The van der Waals surface area contributed by atoms with Gasteiger partial charge in [-0.3, -0.25) is 9.48 Å². The first-order valence-electron chi connectivity index (χ1n) is 6.38. The summed E-state index contributed by atoms with van der Waals surface area (Å²) < 4.78 is 92.9. The molecule has 1 heterocycles. The highest BCUT2D eigenvalue weighted by Crippen LogP contribution is 2.38. The van der Waals surface area contributed by atoms with Crippen molar-refractivity contribution in [1.29, 1.82) is 0 Å². The Morgan fingerprint density at radius 3 is 2.08 bits per heavy atom. The highest BCUT2D eigenvalue weighted by atomic mass is 35.5. The molecule has 1 N–H and O–H groups in total. The fourth-order valence-corrected chi connectivity index (χ4v) is 2.01. The van der Waals surface area contributed by atoms with Gasteiger partial charge in [-0.2, -0.15) is 18.3 Å². The van der Waals surface area contributed by atoms with Crippen molar-refractivity contribution in [2.45, 2.75) is 19.1 Å². The summed E-state index contributed by atoms with van der Waals surface area (Å²) in [5.74, 6) is -11.3. The molecule has 2 aromatic rings. The van der Waals surface area contributed by atoms with Crippen LogP contribution in [0.15, 0.2) is 12.4 Å². The smallest absolute Gasteiger partial charge is 0.319 e. The molecule has 136 valence electrons. The maximum Gasteiger partial charge on any atom is 0.422 e. The molecule has 0 aliphatic heterocycles. The summed E-state index contributed by atoms with van der Waals surface area (Å²) >= 11 is 5.58. The van der Waals surface area contributed by atoms with Crippen LogP contribution < -0.4 is 5.32 Å². The Morgan fingerprint density at radius 1 is 1.16 bits per heavy atom. The van der Waals surface area contributed by atoms with Crippen LogP contribution in [0.1, 0.15) is 18.5 Å². The maximum atomic E-state index is 13.7. The third kappa shape index (κ3) is 3.55.